The maximum Gasteiger partial charge on any atom is 0.220 e. The van der Waals surface area contributed by atoms with Gasteiger partial charge < -0.3 is 10.3 Å². The van der Waals surface area contributed by atoms with Crippen molar-refractivity contribution in [1.29, 1.82) is 0 Å². The normalized spacial score (nSPS) is 14.6. The molecule has 1 aliphatic rings. The first-order valence-corrected chi connectivity index (χ1v) is 7.74. The van der Waals surface area contributed by atoms with Crippen LogP contribution in [0.5, 0.6) is 0 Å². The first-order valence-electron chi connectivity index (χ1n) is 7.74. The summed E-state index contributed by atoms with van der Waals surface area (Å²) in [5.41, 5.74) is 9.04. The molecule has 3 aromatic rings. The summed E-state index contributed by atoms with van der Waals surface area (Å²) in [5.74, 6) is 0.923. The number of anilines is 1. The van der Waals surface area contributed by atoms with Gasteiger partial charge in [0.1, 0.15) is 11.6 Å². The molecule has 0 aliphatic carbocycles. The fourth-order valence-corrected chi connectivity index (χ4v) is 3.03. The Labute approximate surface area is 138 Å². The van der Waals surface area contributed by atoms with E-state index in [1.165, 1.54) is 12.1 Å². The van der Waals surface area contributed by atoms with E-state index in [1.807, 2.05) is 6.07 Å². The lowest BCUT2D eigenvalue weighted by Gasteiger charge is -2.24. The van der Waals surface area contributed by atoms with Crippen LogP contribution < -0.4 is 5.73 Å². The lowest BCUT2D eigenvalue weighted by Crippen LogP contribution is -2.30. The Hall–Kier alpha value is -2.80. The third kappa shape index (κ3) is 2.52. The van der Waals surface area contributed by atoms with Gasteiger partial charge in [0.15, 0.2) is 0 Å². The van der Waals surface area contributed by atoms with Gasteiger partial charge in [-0.1, -0.05) is 0 Å². The van der Waals surface area contributed by atoms with E-state index in [0.29, 0.717) is 0 Å². The second-order valence-corrected chi connectivity index (χ2v) is 5.92. The van der Waals surface area contributed by atoms with Crippen LogP contribution in [0.4, 0.5) is 10.3 Å². The third-order valence-corrected chi connectivity index (χ3v) is 4.20. The van der Waals surface area contributed by atoms with Crippen molar-refractivity contribution in [2.45, 2.75) is 13.1 Å². The van der Waals surface area contributed by atoms with Crippen LogP contribution >= 0.6 is 0 Å². The number of nitrogens with zero attached hydrogens (tertiary/aromatic N) is 5. The molecule has 0 bridgehead atoms. The van der Waals surface area contributed by atoms with Crippen LogP contribution in [-0.4, -0.2) is 38.0 Å². The number of halogens is 1. The molecule has 3 heterocycles. The van der Waals surface area contributed by atoms with Gasteiger partial charge in [-0.15, -0.1) is 0 Å². The van der Waals surface area contributed by atoms with Crippen LogP contribution in [0.25, 0.3) is 22.6 Å². The van der Waals surface area contributed by atoms with Gasteiger partial charge in [0.25, 0.3) is 0 Å². The van der Waals surface area contributed by atoms with Crippen molar-refractivity contribution in [2.24, 2.45) is 0 Å². The van der Waals surface area contributed by atoms with Crippen molar-refractivity contribution >= 4 is 5.95 Å². The number of likely N-dealkylation sites (N-methyl/N-ethyl adjacent to an activating group) is 1. The highest BCUT2D eigenvalue weighted by molar-refractivity contribution is 5.77. The quantitative estimate of drug-likeness (QED) is 0.782. The molecule has 1 aliphatic heterocycles. The zero-order valence-electron chi connectivity index (χ0n) is 13.3. The largest absolute Gasteiger partial charge is 0.368 e. The molecule has 0 radical (unpaired) electrons. The Bertz CT molecular complexity index is 887. The molecule has 24 heavy (non-hydrogen) atoms. The zero-order valence-corrected chi connectivity index (χ0v) is 13.3. The summed E-state index contributed by atoms with van der Waals surface area (Å²) in [6.45, 7) is 2.51. The molecule has 0 saturated carbocycles. The first kappa shape index (κ1) is 14.8. The van der Waals surface area contributed by atoms with Crippen LogP contribution in [0.15, 0.2) is 36.5 Å². The molecular formula is C17H17FN6. The van der Waals surface area contributed by atoms with Crippen molar-refractivity contribution < 1.29 is 4.39 Å². The van der Waals surface area contributed by atoms with E-state index in [0.717, 1.165) is 48.1 Å². The Kier molecular flexibility index (Phi) is 3.50. The molecule has 7 heteroatoms. The van der Waals surface area contributed by atoms with Gasteiger partial charge in [0, 0.05) is 24.8 Å². The topological polar surface area (TPSA) is 72.9 Å². The Morgan fingerprint density at radius 2 is 1.88 bits per heavy atom. The second kappa shape index (κ2) is 5.68. The average molecular weight is 324 g/mol. The summed E-state index contributed by atoms with van der Waals surface area (Å²) in [7, 11) is 2.07. The molecule has 4 rings (SSSR count). The van der Waals surface area contributed by atoms with E-state index >= 15 is 0 Å². The standard InChI is InChI=1S/C17H17FN6/c1-23-8-9-24-14(10-23)22-15(11-2-4-12(18)5-3-11)16(24)13-6-7-20-17(19)21-13/h2-7H,8-10H2,1H3,(H2,19,20,21). The van der Waals surface area contributed by atoms with Crippen LogP contribution in [0.3, 0.4) is 0 Å². The highest BCUT2D eigenvalue weighted by atomic mass is 19.1. The summed E-state index contributed by atoms with van der Waals surface area (Å²) in [6.07, 6.45) is 1.64. The summed E-state index contributed by atoms with van der Waals surface area (Å²) >= 11 is 0. The SMILES string of the molecule is CN1CCn2c(nc(-c3ccc(F)cc3)c2-c2ccnc(N)n2)C1. The van der Waals surface area contributed by atoms with Gasteiger partial charge in [-0.3, -0.25) is 4.90 Å². The van der Waals surface area contributed by atoms with Crippen LogP contribution in [-0.2, 0) is 13.1 Å². The number of nitrogens with two attached hydrogens (primary N) is 1. The maximum absolute atomic E-state index is 13.3. The third-order valence-electron chi connectivity index (χ3n) is 4.20. The summed E-state index contributed by atoms with van der Waals surface area (Å²) in [6, 6.07) is 8.19. The van der Waals surface area contributed by atoms with Gasteiger partial charge >= 0.3 is 0 Å². The van der Waals surface area contributed by atoms with Crippen LogP contribution in [0.2, 0.25) is 0 Å². The number of rotatable bonds is 2. The van der Waals surface area contributed by atoms with Gasteiger partial charge in [0.05, 0.1) is 23.6 Å². The number of hydrogen-bond donors (Lipinski definition) is 1. The van der Waals surface area contributed by atoms with Gasteiger partial charge in [-0.05, 0) is 37.4 Å². The predicted molar refractivity (Wildman–Crippen MR) is 89.4 cm³/mol. The molecule has 0 unspecified atom stereocenters. The minimum Gasteiger partial charge on any atom is -0.368 e. The van der Waals surface area contributed by atoms with E-state index < -0.39 is 0 Å². The number of hydrogen-bond acceptors (Lipinski definition) is 5. The van der Waals surface area contributed by atoms with E-state index in [-0.39, 0.29) is 11.8 Å². The number of nitrogen functional groups attached to an aromatic ring is 1. The van der Waals surface area contributed by atoms with Crippen molar-refractivity contribution in [1.82, 2.24) is 24.4 Å². The van der Waals surface area contributed by atoms with Crippen molar-refractivity contribution in [2.75, 3.05) is 19.3 Å². The molecule has 0 atom stereocenters. The highest BCUT2D eigenvalue weighted by Crippen LogP contribution is 2.33. The Morgan fingerprint density at radius 1 is 1.08 bits per heavy atom. The lowest BCUT2D eigenvalue weighted by atomic mass is 10.1. The summed E-state index contributed by atoms with van der Waals surface area (Å²) in [4.78, 5) is 15.4. The van der Waals surface area contributed by atoms with Gasteiger partial charge in [0.2, 0.25) is 5.95 Å². The molecule has 0 fully saturated rings. The minimum absolute atomic E-state index is 0.223. The molecule has 0 saturated heterocycles. The Balaban J connectivity index is 1.94. The predicted octanol–water partition coefficient (Wildman–Crippen LogP) is 2.17. The number of imidazole rings is 1. The lowest BCUT2D eigenvalue weighted by molar-refractivity contribution is 0.265. The maximum atomic E-state index is 13.3. The highest BCUT2D eigenvalue weighted by Gasteiger charge is 2.24. The summed E-state index contributed by atoms with van der Waals surface area (Å²) in [5, 5.41) is 0. The van der Waals surface area contributed by atoms with E-state index in [9.17, 15) is 4.39 Å². The monoisotopic (exact) mass is 324 g/mol. The molecule has 122 valence electrons. The molecule has 1 aromatic carbocycles. The second-order valence-electron chi connectivity index (χ2n) is 5.92. The fourth-order valence-electron chi connectivity index (χ4n) is 3.03. The van der Waals surface area contributed by atoms with Gasteiger partial charge in [-0.25, -0.2) is 19.3 Å². The fraction of sp³-hybridized carbons (Fsp3) is 0.235. The smallest absolute Gasteiger partial charge is 0.220 e. The van der Waals surface area contributed by atoms with Crippen molar-refractivity contribution in [3.05, 3.63) is 48.2 Å². The molecular weight excluding hydrogens is 307 g/mol. The van der Waals surface area contributed by atoms with Gasteiger partial charge in [-0.2, -0.15) is 0 Å². The van der Waals surface area contributed by atoms with E-state index in [2.05, 4.69) is 26.5 Å². The molecule has 2 aromatic heterocycles. The average Bonchev–Trinajstić information content (AvgIpc) is 2.94. The molecule has 0 spiro atoms. The number of benzene rings is 1. The zero-order chi connectivity index (χ0) is 16.7. The van der Waals surface area contributed by atoms with E-state index in [4.69, 9.17) is 10.7 Å². The molecule has 0 amide bonds. The molecule has 6 nitrogen and oxygen atoms in total. The number of aromatic nitrogens is 4. The van der Waals surface area contributed by atoms with Crippen molar-refractivity contribution in [3.8, 4) is 22.6 Å². The minimum atomic E-state index is -0.268. The Morgan fingerprint density at radius 3 is 2.62 bits per heavy atom. The molecule has 2 N–H and O–H groups in total. The van der Waals surface area contributed by atoms with Crippen LogP contribution in [0.1, 0.15) is 5.82 Å². The van der Waals surface area contributed by atoms with E-state index in [1.54, 1.807) is 18.3 Å². The van der Waals surface area contributed by atoms with Crippen molar-refractivity contribution in [3.63, 3.8) is 0 Å². The van der Waals surface area contributed by atoms with Crippen LogP contribution in [0, 0.1) is 5.82 Å². The first-order chi connectivity index (χ1) is 11.6. The summed E-state index contributed by atoms with van der Waals surface area (Å²) < 4.78 is 15.5. The number of fused-ring (bicyclic) bond motifs is 1.